The Labute approximate surface area is 78.4 Å². The molecule has 0 radical (unpaired) electrons. The third-order valence-electron chi connectivity index (χ3n) is 1.66. The van der Waals surface area contributed by atoms with Crippen LogP contribution in [-0.4, -0.2) is 16.3 Å². The number of alkyl halides is 3. The maximum absolute atomic E-state index is 12.1. The molecule has 3 N–H and O–H groups in total. The summed E-state index contributed by atoms with van der Waals surface area (Å²) in [6.45, 7) is -0.404. The molecule has 1 heterocycles. The van der Waals surface area contributed by atoms with Crippen LogP contribution in [-0.2, 0) is 6.61 Å². The first-order chi connectivity index (χ1) is 6.45. The van der Waals surface area contributed by atoms with Crippen LogP contribution < -0.4 is 5.73 Å². The Balaban J connectivity index is 2.95. The van der Waals surface area contributed by atoms with Gasteiger partial charge in [-0.2, -0.15) is 13.2 Å². The van der Waals surface area contributed by atoms with Crippen molar-refractivity contribution in [3.05, 3.63) is 29.6 Å². The second-order valence-corrected chi connectivity index (χ2v) is 2.73. The first-order valence-electron chi connectivity index (χ1n) is 3.84. The molecule has 0 aliphatic carbocycles. The summed E-state index contributed by atoms with van der Waals surface area (Å²) >= 11 is 0. The maximum Gasteiger partial charge on any atom is 0.409 e. The van der Waals surface area contributed by atoms with Gasteiger partial charge in [0.1, 0.15) is 6.04 Å². The number of hydrogen-bond donors (Lipinski definition) is 2. The third-order valence-corrected chi connectivity index (χ3v) is 1.66. The Kier molecular flexibility index (Phi) is 3.07. The topological polar surface area (TPSA) is 59.1 Å². The van der Waals surface area contributed by atoms with Gasteiger partial charge in [0.25, 0.3) is 0 Å². The molecule has 0 fully saturated rings. The van der Waals surface area contributed by atoms with E-state index in [0.29, 0.717) is 0 Å². The lowest BCUT2D eigenvalue weighted by Crippen LogP contribution is -2.29. The number of halogens is 3. The van der Waals surface area contributed by atoms with E-state index < -0.39 is 18.8 Å². The predicted molar refractivity (Wildman–Crippen MR) is 43.1 cm³/mol. The minimum atomic E-state index is -4.51. The molecule has 0 unspecified atom stereocenters. The number of aliphatic hydroxyl groups is 1. The van der Waals surface area contributed by atoms with E-state index in [4.69, 9.17) is 10.8 Å². The van der Waals surface area contributed by atoms with Crippen LogP contribution in [0, 0.1) is 0 Å². The van der Waals surface area contributed by atoms with E-state index in [9.17, 15) is 13.2 Å². The molecule has 0 spiro atoms. The highest BCUT2D eigenvalue weighted by atomic mass is 19.4. The number of aromatic nitrogens is 1. The van der Waals surface area contributed by atoms with Crippen LogP contribution in [0.4, 0.5) is 13.2 Å². The molecule has 0 bridgehead atoms. The van der Waals surface area contributed by atoms with E-state index in [1.807, 2.05) is 0 Å². The summed E-state index contributed by atoms with van der Waals surface area (Å²) in [7, 11) is 0. The summed E-state index contributed by atoms with van der Waals surface area (Å²) < 4.78 is 36.4. The summed E-state index contributed by atoms with van der Waals surface area (Å²) in [6, 6.07) is 1.87. The zero-order valence-corrected chi connectivity index (χ0v) is 7.12. The van der Waals surface area contributed by atoms with Crippen molar-refractivity contribution in [3.8, 4) is 0 Å². The van der Waals surface area contributed by atoms with Crippen molar-refractivity contribution < 1.29 is 18.3 Å². The van der Waals surface area contributed by atoms with E-state index in [1.165, 1.54) is 18.2 Å². The highest BCUT2D eigenvalue weighted by Gasteiger charge is 2.38. The minimum absolute atomic E-state index is 0.169. The van der Waals surface area contributed by atoms with Gasteiger partial charge in [-0.15, -0.1) is 0 Å². The Morgan fingerprint density at radius 2 is 2.07 bits per heavy atom. The summed E-state index contributed by atoms with van der Waals surface area (Å²) in [5, 5.41) is 8.66. The molecular weight excluding hydrogens is 197 g/mol. The van der Waals surface area contributed by atoms with Crippen molar-refractivity contribution in [2.75, 3.05) is 0 Å². The van der Waals surface area contributed by atoms with Crippen LogP contribution in [0.25, 0.3) is 0 Å². The summed E-state index contributed by atoms with van der Waals surface area (Å²) in [5.41, 5.74) is 4.81. The third kappa shape index (κ3) is 2.43. The van der Waals surface area contributed by atoms with Gasteiger partial charge in [0.05, 0.1) is 18.0 Å². The van der Waals surface area contributed by atoms with Gasteiger partial charge in [0.2, 0.25) is 0 Å². The van der Waals surface area contributed by atoms with Crippen molar-refractivity contribution in [1.82, 2.24) is 4.98 Å². The quantitative estimate of drug-likeness (QED) is 0.762. The molecule has 1 aromatic rings. The number of pyridine rings is 1. The Hall–Kier alpha value is -1.14. The first-order valence-corrected chi connectivity index (χ1v) is 3.84. The normalized spacial score (nSPS) is 14.1. The van der Waals surface area contributed by atoms with Crippen LogP contribution in [0.1, 0.15) is 17.4 Å². The zero-order valence-electron chi connectivity index (χ0n) is 7.12. The molecule has 78 valence electrons. The van der Waals surface area contributed by atoms with Crippen LogP contribution in [0.3, 0.4) is 0 Å². The Morgan fingerprint density at radius 3 is 2.57 bits per heavy atom. The van der Waals surface area contributed by atoms with Gasteiger partial charge in [0.15, 0.2) is 0 Å². The van der Waals surface area contributed by atoms with Gasteiger partial charge in [0, 0.05) is 0 Å². The van der Waals surface area contributed by atoms with E-state index in [2.05, 4.69) is 4.98 Å². The fraction of sp³-hybridized carbons (Fsp3) is 0.375. The van der Waals surface area contributed by atoms with E-state index in [1.54, 1.807) is 0 Å². The van der Waals surface area contributed by atoms with Crippen LogP contribution in [0.15, 0.2) is 18.2 Å². The Bertz CT molecular complexity index is 314. The van der Waals surface area contributed by atoms with Crippen molar-refractivity contribution in [3.63, 3.8) is 0 Å². The summed E-state index contributed by atoms with van der Waals surface area (Å²) in [5.74, 6) is 0. The number of nitrogens with zero attached hydrogens (tertiary/aromatic N) is 1. The molecule has 6 heteroatoms. The molecule has 1 atom stereocenters. The highest BCUT2D eigenvalue weighted by molar-refractivity contribution is 5.14. The van der Waals surface area contributed by atoms with Gasteiger partial charge in [-0.25, -0.2) is 0 Å². The van der Waals surface area contributed by atoms with Gasteiger partial charge < -0.3 is 10.8 Å². The minimum Gasteiger partial charge on any atom is -0.390 e. The van der Waals surface area contributed by atoms with Crippen LogP contribution >= 0.6 is 0 Å². The zero-order chi connectivity index (χ0) is 10.8. The molecule has 0 saturated heterocycles. The number of aliphatic hydroxyl groups excluding tert-OH is 1. The highest BCUT2D eigenvalue weighted by Crippen LogP contribution is 2.29. The van der Waals surface area contributed by atoms with Crippen LogP contribution in [0.5, 0.6) is 0 Å². The molecule has 0 aromatic carbocycles. The lowest BCUT2D eigenvalue weighted by molar-refractivity contribution is -0.150. The number of nitrogens with two attached hydrogens (primary N) is 1. The van der Waals surface area contributed by atoms with Crippen molar-refractivity contribution in [2.24, 2.45) is 5.73 Å². The lowest BCUT2D eigenvalue weighted by Gasteiger charge is -2.15. The van der Waals surface area contributed by atoms with Crippen molar-refractivity contribution in [2.45, 2.75) is 18.8 Å². The number of rotatable bonds is 2. The molecule has 0 aliphatic rings. The molecule has 0 saturated carbocycles. The smallest absolute Gasteiger partial charge is 0.390 e. The maximum atomic E-state index is 12.1. The summed E-state index contributed by atoms with van der Waals surface area (Å²) in [4.78, 5) is 3.56. The van der Waals surface area contributed by atoms with E-state index in [-0.39, 0.29) is 11.4 Å². The first kappa shape index (κ1) is 10.9. The van der Waals surface area contributed by atoms with Crippen LogP contribution in [0.2, 0.25) is 0 Å². The van der Waals surface area contributed by atoms with E-state index >= 15 is 0 Å². The molecule has 1 rings (SSSR count). The van der Waals surface area contributed by atoms with Gasteiger partial charge in [-0.05, 0) is 12.1 Å². The molecular formula is C8H9F3N2O. The molecule has 3 nitrogen and oxygen atoms in total. The van der Waals surface area contributed by atoms with Gasteiger partial charge >= 0.3 is 6.18 Å². The second-order valence-electron chi connectivity index (χ2n) is 2.73. The van der Waals surface area contributed by atoms with Gasteiger partial charge in [-0.1, -0.05) is 6.07 Å². The number of hydrogen-bond acceptors (Lipinski definition) is 3. The molecule has 0 aliphatic heterocycles. The monoisotopic (exact) mass is 206 g/mol. The largest absolute Gasteiger partial charge is 0.409 e. The fourth-order valence-corrected chi connectivity index (χ4v) is 0.927. The fourth-order valence-electron chi connectivity index (χ4n) is 0.927. The molecule has 1 aromatic heterocycles. The standard InChI is InChI=1S/C8H9F3N2O/c9-8(10,11)7(12)6-3-1-2-5(4-14)13-6/h1-3,7,14H,4,12H2/t7-/m0/s1. The average Bonchev–Trinajstić information content (AvgIpc) is 2.15. The molecule has 14 heavy (non-hydrogen) atoms. The SMILES string of the molecule is N[C@@H](c1cccc(CO)n1)C(F)(F)F. The molecule has 0 amide bonds. The average molecular weight is 206 g/mol. The van der Waals surface area contributed by atoms with Crippen molar-refractivity contribution >= 4 is 0 Å². The van der Waals surface area contributed by atoms with Crippen molar-refractivity contribution in [1.29, 1.82) is 0 Å². The predicted octanol–water partition coefficient (Wildman–Crippen LogP) is 1.14. The van der Waals surface area contributed by atoms with E-state index in [0.717, 1.165) is 0 Å². The Morgan fingerprint density at radius 1 is 1.43 bits per heavy atom. The lowest BCUT2D eigenvalue weighted by atomic mass is 10.2. The summed E-state index contributed by atoms with van der Waals surface area (Å²) in [6.07, 6.45) is -4.51. The second kappa shape index (κ2) is 3.93. The van der Waals surface area contributed by atoms with Gasteiger partial charge in [-0.3, -0.25) is 4.98 Å².